The highest BCUT2D eigenvalue weighted by atomic mass is 79.9. The Bertz CT molecular complexity index is 811. The summed E-state index contributed by atoms with van der Waals surface area (Å²) in [5.41, 5.74) is 2.62. The molecule has 23 heavy (non-hydrogen) atoms. The number of halogens is 1. The minimum atomic E-state index is 0.468. The maximum absolute atomic E-state index is 4.66. The Labute approximate surface area is 145 Å². The highest BCUT2D eigenvalue weighted by molar-refractivity contribution is 9.10. The number of piperidine rings is 1. The van der Waals surface area contributed by atoms with Gasteiger partial charge in [0.15, 0.2) is 0 Å². The summed E-state index contributed by atoms with van der Waals surface area (Å²) < 4.78 is 3.38. The van der Waals surface area contributed by atoms with Crippen LogP contribution in [0.5, 0.6) is 0 Å². The Morgan fingerprint density at radius 2 is 2.04 bits per heavy atom. The molecule has 0 bridgehead atoms. The molecule has 1 aliphatic rings. The fraction of sp³-hybridized carbons (Fsp3) is 0.316. The second-order valence-electron chi connectivity index (χ2n) is 6.31. The van der Waals surface area contributed by atoms with E-state index in [2.05, 4.69) is 79.1 Å². The number of para-hydroxylation sites is 1. The molecule has 1 aromatic heterocycles. The van der Waals surface area contributed by atoms with Crippen LogP contribution >= 0.6 is 15.9 Å². The minimum Gasteiger partial charge on any atom is -0.297 e. The van der Waals surface area contributed by atoms with E-state index in [4.69, 9.17) is 0 Å². The van der Waals surface area contributed by atoms with Crippen LogP contribution in [0.25, 0.3) is 10.9 Å². The zero-order valence-electron chi connectivity index (χ0n) is 13.0. The van der Waals surface area contributed by atoms with Gasteiger partial charge in [0.05, 0.1) is 17.8 Å². The lowest BCUT2D eigenvalue weighted by Crippen LogP contribution is -2.36. The van der Waals surface area contributed by atoms with Crippen LogP contribution in [0.1, 0.15) is 24.4 Å². The topological polar surface area (TPSA) is 21.1 Å². The van der Waals surface area contributed by atoms with Crippen molar-refractivity contribution in [1.29, 1.82) is 0 Å². The van der Waals surface area contributed by atoms with Crippen LogP contribution in [0, 0.1) is 0 Å². The second-order valence-corrected chi connectivity index (χ2v) is 7.22. The van der Waals surface area contributed by atoms with E-state index in [1.54, 1.807) is 0 Å². The lowest BCUT2D eigenvalue weighted by atomic mass is 10.0. The zero-order chi connectivity index (χ0) is 15.6. The molecule has 2 aromatic carbocycles. The van der Waals surface area contributed by atoms with Crippen molar-refractivity contribution in [3.05, 3.63) is 64.8 Å². The first-order valence-electron chi connectivity index (χ1n) is 8.19. The molecule has 0 unspecified atom stereocenters. The lowest BCUT2D eigenvalue weighted by molar-refractivity contribution is 0.165. The Balaban J connectivity index is 1.53. The number of hydrogen-bond donors (Lipinski definition) is 0. The van der Waals surface area contributed by atoms with Crippen molar-refractivity contribution in [3.8, 4) is 0 Å². The van der Waals surface area contributed by atoms with Crippen molar-refractivity contribution < 1.29 is 0 Å². The second kappa shape index (κ2) is 6.46. The van der Waals surface area contributed by atoms with Gasteiger partial charge in [0.1, 0.15) is 0 Å². The van der Waals surface area contributed by atoms with Crippen LogP contribution in [0.4, 0.5) is 0 Å². The Morgan fingerprint density at radius 1 is 1.13 bits per heavy atom. The highest BCUT2D eigenvalue weighted by Gasteiger charge is 2.23. The molecule has 0 saturated carbocycles. The minimum absolute atomic E-state index is 0.468. The van der Waals surface area contributed by atoms with Gasteiger partial charge in [-0.3, -0.25) is 9.58 Å². The van der Waals surface area contributed by atoms with E-state index in [0.717, 1.165) is 17.6 Å². The lowest BCUT2D eigenvalue weighted by Gasteiger charge is -2.33. The molecule has 1 aliphatic heterocycles. The molecule has 1 atom stereocenters. The molecule has 1 fully saturated rings. The van der Waals surface area contributed by atoms with E-state index in [1.807, 2.05) is 6.20 Å². The van der Waals surface area contributed by atoms with E-state index >= 15 is 0 Å². The summed E-state index contributed by atoms with van der Waals surface area (Å²) in [5, 5.41) is 5.89. The summed E-state index contributed by atoms with van der Waals surface area (Å²) in [5.74, 6) is 0. The molecule has 0 aliphatic carbocycles. The molecule has 1 saturated heterocycles. The predicted octanol–water partition coefficient (Wildman–Crippen LogP) is 4.64. The van der Waals surface area contributed by atoms with Crippen molar-refractivity contribution in [2.24, 2.45) is 0 Å². The molecule has 118 valence electrons. The zero-order valence-corrected chi connectivity index (χ0v) is 14.6. The molecule has 4 rings (SSSR count). The average molecular weight is 370 g/mol. The number of nitrogens with zero attached hydrogens (tertiary/aromatic N) is 3. The van der Waals surface area contributed by atoms with Gasteiger partial charge in [0.25, 0.3) is 0 Å². The van der Waals surface area contributed by atoms with Crippen LogP contribution in [-0.2, 0) is 6.54 Å². The number of likely N-dealkylation sites (tertiary alicyclic amines) is 1. The van der Waals surface area contributed by atoms with Crippen molar-refractivity contribution in [3.63, 3.8) is 0 Å². The van der Waals surface area contributed by atoms with E-state index in [0.29, 0.717) is 6.04 Å². The average Bonchev–Trinajstić information content (AvgIpc) is 2.99. The van der Waals surface area contributed by atoms with E-state index < -0.39 is 0 Å². The monoisotopic (exact) mass is 369 g/mol. The van der Waals surface area contributed by atoms with Crippen LogP contribution < -0.4 is 0 Å². The van der Waals surface area contributed by atoms with Crippen LogP contribution in [-0.4, -0.2) is 27.8 Å². The van der Waals surface area contributed by atoms with Crippen molar-refractivity contribution in [1.82, 2.24) is 14.7 Å². The summed E-state index contributed by atoms with van der Waals surface area (Å²) in [6.45, 7) is 3.25. The number of fused-ring (bicyclic) bond motifs is 1. The molecule has 0 amide bonds. The Morgan fingerprint density at radius 3 is 2.96 bits per heavy atom. The standard InChI is InChI=1S/C19H20BrN3/c20-17-7-3-5-15(11-17)13-22-10-4-8-18(14-22)23-19-9-2-1-6-16(19)12-21-23/h1-3,5-7,9,11-12,18H,4,8,10,13-14H2/t18-/m0/s1. The third-order valence-corrected chi connectivity index (χ3v) is 5.12. The molecule has 0 N–H and O–H groups in total. The van der Waals surface area contributed by atoms with Gasteiger partial charge < -0.3 is 0 Å². The summed E-state index contributed by atoms with van der Waals surface area (Å²) in [6.07, 6.45) is 4.43. The van der Waals surface area contributed by atoms with Crippen LogP contribution in [0.2, 0.25) is 0 Å². The normalized spacial score (nSPS) is 19.3. The summed E-state index contributed by atoms with van der Waals surface area (Å²) in [6, 6.07) is 17.6. The SMILES string of the molecule is Brc1cccc(CN2CCC[C@H](n3ncc4ccccc43)C2)c1. The smallest absolute Gasteiger partial charge is 0.0686 e. The van der Waals surface area contributed by atoms with Gasteiger partial charge in [-0.25, -0.2) is 0 Å². The highest BCUT2D eigenvalue weighted by Crippen LogP contribution is 2.26. The van der Waals surface area contributed by atoms with Gasteiger partial charge in [0, 0.05) is 22.9 Å². The molecular weight excluding hydrogens is 350 g/mol. The third-order valence-electron chi connectivity index (χ3n) is 4.63. The number of aromatic nitrogens is 2. The Hall–Kier alpha value is -1.65. The fourth-order valence-corrected chi connectivity index (χ4v) is 4.00. The summed E-state index contributed by atoms with van der Waals surface area (Å²) in [4.78, 5) is 2.55. The maximum Gasteiger partial charge on any atom is 0.0686 e. The van der Waals surface area contributed by atoms with Crippen molar-refractivity contribution in [2.75, 3.05) is 13.1 Å². The molecular formula is C19H20BrN3. The quantitative estimate of drug-likeness (QED) is 0.670. The number of hydrogen-bond acceptors (Lipinski definition) is 2. The molecule has 2 heterocycles. The van der Waals surface area contributed by atoms with E-state index in [1.165, 1.54) is 35.9 Å². The summed E-state index contributed by atoms with van der Waals surface area (Å²) in [7, 11) is 0. The molecule has 0 spiro atoms. The van der Waals surface area contributed by atoms with Crippen molar-refractivity contribution in [2.45, 2.75) is 25.4 Å². The maximum atomic E-state index is 4.66. The van der Waals surface area contributed by atoms with Gasteiger partial charge >= 0.3 is 0 Å². The van der Waals surface area contributed by atoms with Gasteiger partial charge in [-0.1, -0.05) is 46.3 Å². The van der Waals surface area contributed by atoms with E-state index in [9.17, 15) is 0 Å². The number of benzene rings is 2. The van der Waals surface area contributed by atoms with Crippen molar-refractivity contribution >= 4 is 26.8 Å². The van der Waals surface area contributed by atoms with Gasteiger partial charge in [0.2, 0.25) is 0 Å². The fourth-order valence-electron chi connectivity index (χ4n) is 3.55. The van der Waals surface area contributed by atoms with Crippen LogP contribution in [0.3, 0.4) is 0 Å². The van der Waals surface area contributed by atoms with Gasteiger partial charge in [-0.05, 0) is 43.1 Å². The van der Waals surface area contributed by atoms with Gasteiger partial charge in [-0.2, -0.15) is 5.10 Å². The first-order valence-corrected chi connectivity index (χ1v) is 8.98. The predicted molar refractivity (Wildman–Crippen MR) is 97.4 cm³/mol. The third kappa shape index (κ3) is 3.19. The van der Waals surface area contributed by atoms with E-state index in [-0.39, 0.29) is 0 Å². The Kier molecular flexibility index (Phi) is 4.19. The van der Waals surface area contributed by atoms with Crippen LogP contribution in [0.15, 0.2) is 59.2 Å². The largest absolute Gasteiger partial charge is 0.297 e. The molecule has 3 aromatic rings. The van der Waals surface area contributed by atoms with Gasteiger partial charge in [-0.15, -0.1) is 0 Å². The molecule has 0 radical (unpaired) electrons. The number of rotatable bonds is 3. The first kappa shape index (κ1) is 14.9. The molecule has 4 heteroatoms. The molecule has 3 nitrogen and oxygen atoms in total. The summed E-state index contributed by atoms with van der Waals surface area (Å²) >= 11 is 3.56. The first-order chi connectivity index (χ1) is 11.3.